The van der Waals surface area contributed by atoms with Crippen molar-refractivity contribution in [3.8, 4) is 0 Å². The smallest absolute Gasteiger partial charge is 0.230 e. The van der Waals surface area contributed by atoms with Gasteiger partial charge < -0.3 is 0 Å². The predicted molar refractivity (Wildman–Crippen MR) is 137 cm³/mol. The molecular formula is C25H24N2O3S3. The van der Waals surface area contributed by atoms with Gasteiger partial charge in [0.05, 0.1) is 27.4 Å². The molecule has 4 rings (SSSR count). The summed E-state index contributed by atoms with van der Waals surface area (Å²) in [4.78, 5) is 21.0. The summed E-state index contributed by atoms with van der Waals surface area (Å²) in [5.41, 5.74) is 2.80. The van der Waals surface area contributed by atoms with Crippen molar-refractivity contribution in [1.29, 1.82) is 0 Å². The minimum atomic E-state index is -3.56. The molecule has 1 aromatic heterocycles. The van der Waals surface area contributed by atoms with E-state index >= 15 is 0 Å². The highest BCUT2D eigenvalue weighted by molar-refractivity contribution is 7.98. The number of para-hydroxylation sites is 1. The number of thiazole rings is 1. The van der Waals surface area contributed by atoms with E-state index < -0.39 is 9.84 Å². The molecule has 0 fully saturated rings. The van der Waals surface area contributed by atoms with Crippen molar-refractivity contribution in [3.63, 3.8) is 0 Å². The molecular weight excluding hydrogens is 472 g/mol. The highest BCUT2D eigenvalue weighted by Gasteiger charge is 2.24. The van der Waals surface area contributed by atoms with Gasteiger partial charge in [0.15, 0.2) is 15.0 Å². The molecule has 0 saturated carbocycles. The summed E-state index contributed by atoms with van der Waals surface area (Å²) in [5, 5.41) is 0.577. The van der Waals surface area contributed by atoms with Gasteiger partial charge in [-0.15, -0.1) is 11.8 Å². The van der Waals surface area contributed by atoms with E-state index in [4.69, 9.17) is 4.98 Å². The molecule has 0 spiro atoms. The number of aromatic nitrogens is 1. The summed E-state index contributed by atoms with van der Waals surface area (Å²) in [6.07, 6.45) is 1.88. The number of thioether (sulfide) groups is 1. The van der Waals surface area contributed by atoms with E-state index in [1.54, 1.807) is 40.9 Å². The Morgan fingerprint density at radius 1 is 1.00 bits per heavy atom. The van der Waals surface area contributed by atoms with E-state index in [1.807, 2.05) is 61.7 Å². The topological polar surface area (TPSA) is 67.3 Å². The second-order valence-electron chi connectivity index (χ2n) is 7.65. The van der Waals surface area contributed by atoms with E-state index in [0.29, 0.717) is 11.7 Å². The third-order valence-electron chi connectivity index (χ3n) is 5.27. The minimum absolute atomic E-state index is 0.117. The number of carbonyl (C=O) groups is 1. The molecule has 0 unspecified atom stereocenters. The fourth-order valence-electron chi connectivity index (χ4n) is 3.44. The van der Waals surface area contributed by atoms with Gasteiger partial charge in [-0.25, -0.2) is 13.4 Å². The first kappa shape index (κ1) is 23.5. The van der Waals surface area contributed by atoms with Crippen molar-refractivity contribution in [2.75, 3.05) is 16.9 Å². The number of hydrogen-bond donors (Lipinski definition) is 0. The molecule has 0 atom stereocenters. The number of benzene rings is 3. The van der Waals surface area contributed by atoms with Crippen LogP contribution in [0.5, 0.6) is 0 Å². The third kappa shape index (κ3) is 5.46. The Morgan fingerprint density at radius 3 is 2.42 bits per heavy atom. The van der Waals surface area contributed by atoms with E-state index in [-0.39, 0.29) is 23.0 Å². The van der Waals surface area contributed by atoms with Crippen LogP contribution in [0.25, 0.3) is 10.2 Å². The second kappa shape index (κ2) is 10.1. The van der Waals surface area contributed by atoms with Crippen LogP contribution < -0.4 is 4.90 Å². The Kier molecular flexibility index (Phi) is 7.17. The van der Waals surface area contributed by atoms with Gasteiger partial charge in [0, 0.05) is 11.3 Å². The van der Waals surface area contributed by atoms with Crippen LogP contribution in [0.15, 0.2) is 82.6 Å². The lowest BCUT2D eigenvalue weighted by Gasteiger charge is -2.20. The minimum Gasteiger partial charge on any atom is -0.284 e. The number of anilines is 1. The lowest BCUT2D eigenvalue weighted by molar-refractivity contribution is -0.118. The molecule has 1 amide bonds. The van der Waals surface area contributed by atoms with Gasteiger partial charge in [-0.3, -0.25) is 9.69 Å². The predicted octanol–water partition coefficient (Wildman–Crippen LogP) is 5.72. The van der Waals surface area contributed by atoms with Crippen molar-refractivity contribution >= 4 is 54.2 Å². The number of nitrogens with zero attached hydrogens (tertiary/aromatic N) is 2. The first-order chi connectivity index (χ1) is 15.9. The molecule has 5 nitrogen and oxygen atoms in total. The average molecular weight is 497 g/mol. The van der Waals surface area contributed by atoms with Crippen LogP contribution in [0.2, 0.25) is 0 Å². The highest BCUT2D eigenvalue weighted by Crippen LogP contribution is 2.35. The fourth-order valence-corrected chi connectivity index (χ4v) is 6.31. The largest absolute Gasteiger partial charge is 0.284 e. The number of sulfone groups is 1. The molecule has 33 heavy (non-hydrogen) atoms. The number of carbonyl (C=O) groups excluding carboxylic acids is 1. The summed E-state index contributed by atoms with van der Waals surface area (Å²) in [7, 11) is -3.56. The Morgan fingerprint density at radius 2 is 1.73 bits per heavy atom. The standard InChI is InChI=1S/C25H24N2O3S3/c1-18-11-13-20(14-12-18)33(29,30)16-15-23(28)27(17-19-7-4-3-5-8-19)25-26-24-21(31-2)9-6-10-22(24)32-25/h3-14H,15-17H2,1-2H3. The molecule has 0 aliphatic rings. The van der Waals surface area contributed by atoms with Crippen molar-refractivity contribution in [2.24, 2.45) is 0 Å². The Labute approximate surface area is 202 Å². The number of hydrogen-bond acceptors (Lipinski definition) is 6. The lowest BCUT2D eigenvalue weighted by atomic mass is 10.2. The van der Waals surface area contributed by atoms with Crippen LogP contribution in [0.1, 0.15) is 17.5 Å². The Hall–Kier alpha value is -2.68. The first-order valence-corrected chi connectivity index (χ1v) is 14.1. The van der Waals surface area contributed by atoms with Crippen molar-refractivity contribution in [1.82, 2.24) is 4.98 Å². The fraction of sp³-hybridized carbons (Fsp3) is 0.200. The molecule has 4 aromatic rings. The quantitative estimate of drug-likeness (QED) is 0.292. The molecule has 0 saturated heterocycles. The van der Waals surface area contributed by atoms with Crippen LogP contribution in [0.4, 0.5) is 5.13 Å². The zero-order valence-corrected chi connectivity index (χ0v) is 20.8. The van der Waals surface area contributed by atoms with Crippen LogP contribution >= 0.6 is 23.1 Å². The van der Waals surface area contributed by atoms with Gasteiger partial charge in [-0.2, -0.15) is 0 Å². The van der Waals surface area contributed by atoms with E-state index in [0.717, 1.165) is 26.2 Å². The summed E-state index contributed by atoms with van der Waals surface area (Å²) in [6.45, 7) is 2.24. The monoisotopic (exact) mass is 496 g/mol. The van der Waals surface area contributed by atoms with Gasteiger partial charge >= 0.3 is 0 Å². The maximum absolute atomic E-state index is 13.3. The molecule has 3 aromatic carbocycles. The van der Waals surface area contributed by atoms with Crippen LogP contribution in [0.3, 0.4) is 0 Å². The lowest BCUT2D eigenvalue weighted by Crippen LogP contribution is -2.31. The number of aryl methyl sites for hydroxylation is 1. The summed E-state index contributed by atoms with van der Waals surface area (Å²) >= 11 is 3.05. The SMILES string of the molecule is CSc1cccc2sc(N(Cc3ccccc3)C(=O)CCS(=O)(=O)c3ccc(C)cc3)nc12. The number of amides is 1. The normalized spacial score (nSPS) is 11.6. The van der Waals surface area contributed by atoms with Crippen LogP contribution in [-0.2, 0) is 21.2 Å². The van der Waals surface area contributed by atoms with Crippen LogP contribution in [0, 0.1) is 6.92 Å². The zero-order chi connectivity index (χ0) is 23.4. The number of rotatable bonds is 8. The molecule has 8 heteroatoms. The molecule has 0 N–H and O–H groups in total. The Balaban J connectivity index is 1.62. The maximum Gasteiger partial charge on any atom is 0.230 e. The molecule has 0 aliphatic heterocycles. The van der Waals surface area contributed by atoms with Gasteiger partial charge in [0.1, 0.15) is 0 Å². The Bertz CT molecular complexity index is 1370. The van der Waals surface area contributed by atoms with E-state index in [2.05, 4.69) is 0 Å². The first-order valence-electron chi connectivity index (χ1n) is 10.4. The van der Waals surface area contributed by atoms with Gasteiger partial charge in [0.2, 0.25) is 5.91 Å². The zero-order valence-electron chi connectivity index (χ0n) is 18.4. The van der Waals surface area contributed by atoms with Gasteiger partial charge in [0.25, 0.3) is 0 Å². The summed E-state index contributed by atoms with van der Waals surface area (Å²) < 4.78 is 26.6. The van der Waals surface area contributed by atoms with Crippen molar-refractivity contribution in [2.45, 2.75) is 29.7 Å². The molecule has 1 heterocycles. The van der Waals surface area contributed by atoms with Gasteiger partial charge in [-0.05, 0) is 43.0 Å². The molecule has 170 valence electrons. The highest BCUT2D eigenvalue weighted by atomic mass is 32.2. The van der Waals surface area contributed by atoms with Crippen molar-refractivity contribution in [3.05, 3.63) is 83.9 Å². The second-order valence-corrected chi connectivity index (χ2v) is 11.6. The molecule has 0 aliphatic carbocycles. The van der Waals surface area contributed by atoms with E-state index in [9.17, 15) is 13.2 Å². The summed E-state index contributed by atoms with van der Waals surface area (Å²) in [5.74, 6) is -0.513. The molecule has 0 radical (unpaired) electrons. The average Bonchev–Trinajstić information content (AvgIpc) is 3.26. The van der Waals surface area contributed by atoms with E-state index in [1.165, 1.54) is 11.3 Å². The van der Waals surface area contributed by atoms with Gasteiger partial charge in [-0.1, -0.05) is 65.4 Å². The molecule has 0 bridgehead atoms. The summed E-state index contributed by atoms with van der Waals surface area (Å²) in [6, 6.07) is 22.4. The van der Waals surface area contributed by atoms with Crippen molar-refractivity contribution < 1.29 is 13.2 Å². The van der Waals surface area contributed by atoms with Crippen LogP contribution in [-0.4, -0.2) is 31.3 Å². The third-order valence-corrected chi connectivity index (χ3v) is 8.82. The number of fused-ring (bicyclic) bond motifs is 1. The maximum atomic E-state index is 13.3.